The Balaban J connectivity index is 1.38. The normalized spacial score (nSPS) is 15.6. The van der Waals surface area contributed by atoms with Crippen molar-refractivity contribution >= 4 is 17.6 Å². The van der Waals surface area contributed by atoms with Crippen LogP contribution in [0.25, 0.3) is 0 Å². The van der Waals surface area contributed by atoms with Gasteiger partial charge in [0, 0.05) is 31.4 Å². The quantitative estimate of drug-likeness (QED) is 0.798. The fraction of sp³-hybridized carbons (Fsp3) is 0.444. The second kappa shape index (κ2) is 8.57. The summed E-state index contributed by atoms with van der Waals surface area (Å²) in [6.45, 7) is 2.24. The van der Waals surface area contributed by atoms with Crippen molar-refractivity contribution < 1.29 is 9.59 Å². The van der Waals surface area contributed by atoms with Gasteiger partial charge in [0.1, 0.15) is 0 Å². The summed E-state index contributed by atoms with van der Waals surface area (Å²) in [4.78, 5) is 30.6. The first kappa shape index (κ1) is 18.1. The standard InChI is InChI=1S/C18H24N6O2/c1-23-9-7-16(22-23)21-17(25)13-24-10-5-14(6-11-24)18(26)20-12-15-4-2-3-8-19-15/h2-4,7-9,14H,5-6,10-13H2,1H3,(H,20,26)(H,21,22,25). The van der Waals surface area contributed by atoms with Crippen molar-refractivity contribution in [1.82, 2.24) is 25.0 Å². The highest BCUT2D eigenvalue weighted by Crippen LogP contribution is 2.17. The van der Waals surface area contributed by atoms with Crippen LogP contribution in [0.2, 0.25) is 0 Å². The van der Waals surface area contributed by atoms with Gasteiger partial charge in [0.05, 0.1) is 18.8 Å². The summed E-state index contributed by atoms with van der Waals surface area (Å²) in [5, 5.41) is 9.87. The molecule has 1 aliphatic rings. The summed E-state index contributed by atoms with van der Waals surface area (Å²) in [6, 6.07) is 7.41. The van der Waals surface area contributed by atoms with Gasteiger partial charge in [-0.25, -0.2) is 0 Å². The Morgan fingerprint density at radius 1 is 1.23 bits per heavy atom. The molecule has 8 nitrogen and oxygen atoms in total. The first-order valence-electron chi connectivity index (χ1n) is 8.79. The third kappa shape index (κ3) is 5.13. The minimum Gasteiger partial charge on any atom is -0.350 e. The van der Waals surface area contributed by atoms with Gasteiger partial charge in [0.25, 0.3) is 0 Å². The molecule has 0 spiro atoms. The van der Waals surface area contributed by atoms with Crippen molar-refractivity contribution in [2.45, 2.75) is 19.4 Å². The number of amides is 2. The molecule has 2 N–H and O–H groups in total. The van der Waals surface area contributed by atoms with Crippen LogP contribution in [0.15, 0.2) is 36.7 Å². The molecule has 0 aliphatic carbocycles. The fourth-order valence-electron chi connectivity index (χ4n) is 3.05. The van der Waals surface area contributed by atoms with Crippen molar-refractivity contribution in [3.05, 3.63) is 42.4 Å². The lowest BCUT2D eigenvalue weighted by Gasteiger charge is -2.30. The van der Waals surface area contributed by atoms with Crippen molar-refractivity contribution in [1.29, 1.82) is 0 Å². The third-order valence-electron chi connectivity index (χ3n) is 4.48. The highest BCUT2D eigenvalue weighted by Gasteiger charge is 2.25. The molecule has 1 fully saturated rings. The van der Waals surface area contributed by atoms with Crippen LogP contribution in [0.3, 0.4) is 0 Å². The number of rotatable bonds is 6. The number of aromatic nitrogens is 3. The molecular weight excluding hydrogens is 332 g/mol. The Bertz CT molecular complexity index is 737. The molecule has 2 aromatic heterocycles. The van der Waals surface area contributed by atoms with E-state index in [0.29, 0.717) is 18.9 Å². The predicted octanol–water partition coefficient (Wildman–Crippen LogP) is 0.782. The number of nitrogens with zero attached hydrogens (tertiary/aromatic N) is 4. The van der Waals surface area contributed by atoms with Gasteiger partial charge in [-0.15, -0.1) is 0 Å². The predicted molar refractivity (Wildman–Crippen MR) is 97.1 cm³/mol. The van der Waals surface area contributed by atoms with Crippen molar-refractivity contribution in [2.24, 2.45) is 13.0 Å². The zero-order valence-electron chi connectivity index (χ0n) is 14.9. The van der Waals surface area contributed by atoms with Crippen molar-refractivity contribution in [2.75, 3.05) is 25.0 Å². The zero-order chi connectivity index (χ0) is 18.4. The summed E-state index contributed by atoms with van der Waals surface area (Å²) in [5.74, 6) is 0.532. The summed E-state index contributed by atoms with van der Waals surface area (Å²) >= 11 is 0. The third-order valence-corrected chi connectivity index (χ3v) is 4.48. The lowest BCUT2D eigenvalue weighted by atomic mass is 9.96. The van der Waals surface area contributed by atoms with E-state index in [1.807, 2.05) is 18.2 Å². The van der Waals surface area contributed by atoms with E-state index in [1.54, 1.807) is 30.2 Å². The summed E-state index contributed by atoms with van der Waals surface area (Å²) < 4.78 is 1.64. The Morgan fingerprint density at radius 2 is 2.04 bits per heavy atom. The maximum Gasteiger partial charge on any atom is 0.239 e. The lowest BCUT2D eigenvalue weighted by Crippen LogP contribution is -2.43. The van der Waals surface area contributed by atoms with E-state index in [2.05, 4.69) is 25.6 Å². The molecule has 1 aliphatic heterocycles. The Morgan fingerprint density at radius 3 is 2.69 bits per heavy atom. The molecule has 8 heteroatoms. The summed E-state index contributed by atoms with van der Waals surface area (Å²) in [5.41, 5.74) is 0.851. The molecule has 0 radical (unpaired) electrons. The van der Waals surface area contributed by atoms with Gasteiger partial charge in [0.15, 0.2) is 5.82 Å². The zero-order valence-corrected chi connectivity index (χ0v) is 14.9. The van der Waals surface area contributed by atoms with E-state index in [1.165, 1.54) is 0 Å². The van der Waals surface area contributed by atoms with Crippen LogP contribution >= 0.6 is 0 Å². The molecule has 1 saturated heterocycles. The molecule has 0 bridgehead atoms. The van der Waals surface area contributed by atoms with Gasteiger partial charge >= 0.3 is 0 Å². The monoisotopic (exact) mass is 356 g/mol. The first-order valence-corrected chi connectivity index (χ1v) is 8.79. The second-order valence-electron chi connectivity index (χ2n) is 6.51. The number of pyridine rings is 1. The number of piperidine rings is 1. The van der Waals surface area contributed by atoms with E-state index in [0.717, 1.165) is 31.6 Å². The van der Waals surface area contributed by atoms with Gasteiger partial charge in [-0.05, 0) is 38.1 Å². The molecule has 0 saturated carbocycles. The molecular formula is C18H24N6O2. The van der Waals surface area contributed by atoms with Crippen LogP contribution in [0.4, 0.5) is 5.82 Å². The highest BCUT2D eigenvalue weighted by atomic mass is 16.2. The first-order chi connectivity index (χ1) is 12.6. The maximum absolute atomic E-state index is 12.3. The molecule has 3 heterocycles. The Labute approximate surface area is 152 Å². The number of carbonyl (C=O) groups is 2. The van der Waals surface area contributed by atoms with Gasteiger partial charge in [-0.2, -0.15) is 5.10 Å². The summed E-state index contributed by atoms with van der Waals surface area (Å²) in [6.07, 6.45) is 5.01. The molecule has 0 unspecified atom stereocenters. The Kier molecular flexibility index (Phi) is 5.96. The van der Waals surface area contributed by atoms with Gasteiger partial charge in [0.2, 0.25) is 11.8 Å². The van der Waals surface area contributed by atoms with Crippen LogP contribution in [-0.4, -0.2) is 51.1 Å². The van der Waals surface area contributed by atoms with Crippen LogP contribution in [0.1, 0.15) is 18.5 Å². The molecule has 26 heavy (non-hydrogen) atoms. The van der Waals surface area contributed by atoms with E-state index < -0.39 is 0 Å². The number of carbonyl (C=O) groups excluding carboxylic acids is 2. The highest BCUT2D eigenvalue weighted by molar-refractivity contribution is 5.91. The van der Waals surface area contributed by atoms with E-state index in [4.69, 9.17) is 0 Å². The lowest BCUT2D eigenvalue weighted by molar-refractivity contribution is -0.126. The SMILES string of the molecule is Cn1ccc(NC(=O)CN2CCC(C(=O)NCc3ccccn3)CC2)n1. The van der Waals surface area contributed by atoms with Crippen molar-refractivity contribution in [3.8, 4) is 0 Å². The number of aryl methyl sites for hydroxylation is 1. The van der Waals surface area contributed by atoms with Gasteiger partial charge in [-0.3, -0.25) is 24.2 Å². The molecule has 0 aromatic carbocycles. The van der Waals surface area contributed by atoms with E-state index >= 15 is 0 Å². The molecule has 2 amide bonds. The number of hydrogen-bond donors (Lipinski definition) is 2. The minimum absolute atomic E-state index is 0.00573. The molecule has 0 atom stereocenters. The maximum atomic E-state index is 12.3. The largest absolute Gasteiger partial charge is 0.350 e. The van der Waals surface area contributed by atoms with E-state index in [-0.39, 0.29) is 17.7 Å². The topological polar surface area (TPSA) is 92.2 Å². The van der Waals surface area contributed by atoms with Gasteiger partial charge < -0.3 is 10.6 Å². The average Bonchev–Trinajstić information content (AvgIpc) is 3.05. The van der Waals surface area contributed by atoms with Crippen LogP contribution in [0.5, 0.6) is 0 Å². The Hall–Kier alpha value is -2.74. The number of hydrogen-bond acceptors (Lipinski definition) is 5. The number of nitrogens with one attached hydrogen (secondary N) is 2. The average molecular weight is 356 g/mol. The molecule has 2 aromatic rings. The van der Waals surface area contributed by atoms with Crippen LogP contribution < -0.4 is 10.6 Å². The smallest absolute Gasteiger partial charge is 0.239 e. The minimum atomic E-state index is -0.0817. The molecule has 138 valence electrons. The summed E-state index contributed by atoms with van der Waals surface area (Å²) in [7, 11) is 1.80. The number of anilines is 1. The van der Waals surface area contributed by atoms with Crippen molar-refractivity contribution in [3.63, 3.8) is 0 Å². The van der Waals surface area contributed by atoms with Gasteiger partial charge in [-0.1, -0.05) is 6.07 Å². The fourth-order valence-corrected chi connectivity index (χ4v) is 3.05. The van der Waals surface area contributed by atoms with E-state index in [9.17, 15) is 9.59 Å². The second-order valence-corrected chi connectivity index (χ2v) is 6.51. The van der Waals surface area contributed by atoms with Crippen LogP contribution in [-0.2, 0) is 23.2 Å². The molecule has 3 rings (SSSR count). The number of likely N-dealkylation sites (tertiary alicyclic amines) is 1. The van der Waals surface area contributed by atoms with Crippen LogP contribution in [0, 0.1) is 5.92 Å².